The third-order valence-electron chi connectivity index (χ3n) is 3.79. The van der Waals surface area contributed by atoms with Gasteiger partial charge in [-0.2, -0.15) is 13.2 Å². The highest BCUT2D eigenvalue weighted by atomic mass is 19.4. The maximum atomic E-state index is 13.3. The minimum Gasteiger partial charge on any atom is -0.321 e. The third-order valence-corrected chi connectivity index (χ3v) is 3.79. The number of halogens is 3. The molecule has 2 aliphatic rings. The molecule has 2 saturated heterocycles. The van der Waals surface area contributed by atoms with Gasteiger partial charge < -0.3 is 10.2 Å². The minimum atomic E-state index is -4.73. The van der Waals surface area contributed by atoms with E-state index < -0.39 is 54.9 Å². The van der Waals surface area contributed by atoms with Crippen molar-refractivity contribution in [1.29, 1.82) is 0 Å². The van der Waals surface area contributed by atoms with Crippen molar-refractivity contribution in [3.8, 4) is 0 Å². The van der Waals surface area contributed by atoms with Gasteiger partial charge in [-0.05, 0) is 19.9 Å². The average molecular weight is 293 g/mol. The molecule has 0 aromatic heterocycles. The van der Waals surface area contributed by atoms with Crippen molar-refractivity contribution in [2.75, 3.05) is 19.6 Å². The van der Waals surface area contributed by atoms with Crippen LogP contribution >= 0.6 is 0 Å². The first-order valence-electron chi connectivity index (χ1n) is 6.11. The summed E-state index contributed by atoms with van der Waals surface area (Å²) in [6.07, 6.45) is -5.13. The SMILES string of the molecule is CC1C(=O)NC(=O)CN1C(=O)C1(C(F)(F)F)CCNC1. The van der Waals surface area contributed by atoms with E-state index in [1.54, 1.807) is 0 Å². The van der Waals surface area contributed by atoms with Gasteiger partial charge in [-0.3, -0.25) is 19.7 Å². The fourth-order valence-electron chi connectivity index (χ4n) is 2.47. The summed E-state index contributed by atoms with van der Waals surface area (Å²) in [5, 5.41) is 4.51. The molecule has 2 rings (SSSR count). The third kappa shape index (κ3) is 2.15. The molecule has 2 atom stereocenters. The number of imide groups is 1. The first kappa shape index (κ1) is 14.8. The number of carbonyl (C=O) groups is 3. The Hall–Kier alpha value is -1.64. The number of alkyl halides is 3. The Morgan fingerprint density at radius 1 is 1.40 bits per heavy atom. The van der Waals surface area contributed by atoms with Gasteiger partial charge in [0.1, 0.15) is 12.6 Å². The van der Waals surface area contributed by atoms with Crippen molar-refractivity contribution in [2.45, 2.75) is 25.6 Å². The van der Waals surface area contributed by atoms with Crippen LogP contribution in [0.4, 0.5) is 13.2 Å². The summed E-state index contributed by atoms with van der Waals surface area (Å²) in [5.74, 6) is -2.76. The predicted octanol–water partition coefficient (Wildman–Crippen LogP) is -0.598. The van der Waals surface area contributed by atoms with Gasteiger partial charge in [0.15, 0.2) is 5.41 Å². The van der Waals surface area contributed by atoms with E-state index in [0.717, 1.165) is 0 Å². The number of carbonyl (C=O) groups excluding carboxylic acids is 3. The standard InChI is InChI=1S/C11H14F3N3O3/c1-6-8(19)16-7(18)4-17(6)9(20)10(11(12,13)14)2-3-15-5-10/h6,15H,2-5H2,1H3,(H,16,18,19). The fourth-order valence-corrected chi connectivity index (χ4v) is 2.47. The smallest absolute Gasteiger partial charge is 0.321 e. The van der Waals surface area contributed by atoms with Crippen LogP contribution in [0, 0.1) is 5.41 Å². The van der Waals surface area contributed by atoms with Crippen molar-refractivity contribution in [3.63, 3.8) is 0 Å². The molecule has 0 bridgehead atoms. The number of rotatable bonds is 1. The summed E-state index contributed by atoms with van der Waals surface area (Å²) in [4.78, 5) is 35.8. The first-order chi connectivity index (χ1) is 9.19. The van der Waals surface area contributed by atoms with E-state index in [4.69, 9.17) is 0 Å². The van der Waals surface area contributed by atoms with Gasteiger partial charge in [-0.15, -0.1) is 0 Å². The Bertz CT molecular complexity index is 458. The van der Waals surface area contributed by atoms with Crippen LogP contribution in [-0.4, -0.2) is 54.5 Å². The highest BCUT2D eigenvalue weighted by molar-refractivity contribution is 6.04. The number of nitrogens with one attached hydrogen (secondary N) is 2. The molecule has 2 N–H and O–H groups in total. The zero-order valence-electron chi connectivity index (χ0n) is 10.7. The lowest BCUT2D eigenvalue weighted by atomic mass is 9.84. The summed E-state index contributed by atoms with van der Waals surface area (Å²) < 4.78 is 39.8. The van der Waals surface area contributed by atoms with Crippen molar-refractivity contribution >= 4 is 17.7 Å². The lowest BCUT2D eigenvalue weighted by Crippen LogP contribution is -2.63. The Labute approximate surface area is 112 Å². The highest BCUT2D eigenvalue weighted by Crippen LogP contribution is 2.44. The minimum absolute atomic E-state index is 0.0631. The molecule has 3 amide bonds. The molecule has 0 saturated carbocycles. The average Bonchev–Trinajstić information content (AvgIpc) is 2.82. The van der Waals surface area contributed by atoms with Crippen LogP contribution in [0.2, 0.25) is 0 Å². The van der Waals surface area contributed by atoms with E-state index in [9.17, 15) is 27.6 Å². The largest absolute Gasteiger partial charge is 0.404 e. The van der Waals surface area contributed by atoms with Crippen LogP contribution in [0.1, 0.15) is 13.3 Å². The van der Waals surface area contributed by atoms with Gasteiger partial charge in [0.2, 0.25) is 17.7 Å². The van der Waals surface area contributed by atoms with Gasteiger partial charge in [-0.1, -0.05) is 0 Å². The molecule has 0 spiro atoms. The van der Waals surface area contributed by atoms with Gasteiger partial charge in [0.25, 0.3) is 0 Å². The molecule has 2 fully saturated rings. The first-order valence-corrected chi connectivity index (χ1v) is 6.11. The normalized spacial score (nSPS) is 31.4. The van der Waals surface area contributed by atoms with E-state index >= 15 is 0 Å². The van der Waals surface area contributed by atoms with Crippen LogP contribution in [0.15, 0.2) is 0 Å². The van der Waals surface area contributed by atoms with E-state index in [2.05, 4.69) is 5.32 Å². The molecule has 0 aromatic rings. The summed E-state index contributed by atoms with van der Waals surface area (Å²) in [7, 11) is 0. The number of hydrogen-bond donors (Lipinski definition) is 2. The Morgan fingerprint density at radius 2 is 2.05 bits per heavy atom. The van der Waals surface area contributed by atoms with Crippen LogP contribution in [0.25, 0.3) is 0 Å². The molecule has 2 unspecified atom stereocenters. The van der Waals surface area contributed by atoms with E-state index in [1.807, 2.05) is 5.32 Å². The molecule has 0 aliphatic carbocycles. The zero-order chi connectivity index (χ0) is 15.1. The maximum Gasteiger partial charge on any atom is 0.404 e. The van der Waals surface area contributed by atoms with Gasteiger partial charge >= 0.3 is 6.18 Å². The predicted molar refractivity (Wildman–Crippen MR) is 60.3 cm³/mol. The Morgan fingerprint density at radius 3 is 2.55 bits per heavy atom. The summed E-state index contributed by atoms with van der Waals surface area (Å²) in [6, 6.07) is -1.10. The van der Waals surface area contributed by atoms with Crippen molar-refractivity contribution in [2.24, 2.45) is 5.41 Å². The molecule has 0 aromatic carbocycles. The van der Waals surface area contributed by atoms with Crippen LogP contribution in [0.5, 0.6) is 0 Å². The lowest BCUT2D eigenvalue weighted by molar-refractivity contribution is -0.223. The second kappa shape index (κ2) is 4.72. The van der Waals surface area contributed by atoms with Crippen LogP contribution < -0.4 is 10.6 Å². The topological polar surface area (TPSA) is 78.5 Å². The summed E-state index contributed by atoms with van der Waals surface area (Å²) in [5.41, 5.74) is -2.56. The van der Waals surface area contributed by atoms with Gasteiger partial charge in [-0.25, -0.2) is 0 Å². The second-order valence-electron chi connectivity index (χ2n) is 5.03. The van der Waals surface area contributed by atoms with Crippen LogP contribution in [-0.2, 0) is 14.4 Å². The van der Waals surface area contributed by atoms with E-state index in [0.29, 0.717) is 4.90 Å². The van der Waals surface area contributed by atoms with Crippen LogP contribution in [0.3, 0.4) is 0 Å². The fraction of sp³-hybridized carbons (Fsp3) is 0.727. The molecular formula is C11H14F3N3O3. The van der Waals surface area contributed by atoms with Crippen molar-refractivity contribution in [3.05, 3.63) is 0 Å². The van der Waals surface area contributed by atoms with Gasteiger partial charge in [0, 0.05) is 6.54 Å². The molecule has 20 heavy (non-hydrogen) atoms. The molecule has 2 aliphatic heterocycles. The van der Waals surface area contributed by atoms with Gasteiger partial charge in [0.05, 0.1) is 0 Å². The molecule has 112 valence electrons. The highest BCUT2D eigenvalue weighted by Gasteiger charge is 2.63. The zero-order valence-corrected chi connectivity index (χ0v) is 10.7. The monoisotopic (exact) mass is 293 g/mol. The molecule has 0 radical (unpaired) electrons. The molecular weight excluding hydrogens is 279 g/mol. The van der Waals surface area contributed by atoms with E-state index in [1.165, 1.54) is 6.92 Å². The Balaban J connectivity index is 2.33. The number of hydrogen-bond acceptors (Lipinski definition) is 4. The molecule has 6 nitrogen and oxygen atoms in total. The molecule has 9 heteroatoms. The number of piperazine rings is 1. The van der Waals surface area contributed by atoms with Crippen molar-refractivity contribution < 1.29 is 27.6 Å². The summed E-state index contributed by atoms with van der Waals surface area (Å²) >= 11 is 0. The maximum absolute atomic E-state index is 13.3. The Kier molecular flexibility index (Phi) is 3.49. The second-order valence-corrected chi connectivity index (χ2v) is 5.03. The number of amides is 3. The molecule has 2 heterocycles. The quantitative estimate of drug-likeness (QED) is 0.633. The summed E-state index contributed by atoms with van der Waals surface area (Å²) in [6.45, 7) is 0.289. The van der Waals surface area contributed by atoms with Crippen molar-refractivity contribution in [1.82, 2.24) is 15.5 Å². The van der Waals surface area contributed by atoms with E-state index in [-0.39, 0.29) is 6.54 Å². The lowest BCUT2D eigenvalue weighted by Gasteiger charge is -2.39. The number of nitrogens with zero attached hydrogens (tertiary/aromatic N) is 1.